The molecule has 1 aromatic carbocycles. The van der Waals surface area contributed by atoms with Crippen molar-refractivity contribution in [3.8, 4) is 0 Å². The van der Waals surface area contributed by atoms with Gasteiger partial charge in [-0.2, -0.15) is 0 Å². The number of piperidine rings is 1. The molecular formula is C17H18N2O. The van der Waals surface area contributed by atoms with E-state index in [4.69, 9.17) is 0 Å². The fourth-order valence-electron chi connectivity index (χ4n) is 2.84. The van der Waals surface area contributed by atoms with Crippen LogP contribution in [0.25, 0.3) is 0 Å². The van der Waals surface area contributed by atoms with Crippen molar-refractivity contribution in [1.82, 2.24) is 9.88 Å². The molecule has 0 unspecified atom stereocenters. The molecule has 1 aromatic heterocycles. The Morgan fingerprint density at radius 1 is 1.10 bits per heavy atom. The van der Waals surface area contributed by atoms with E-state index >= 15 is 0 Å². The molecule has 0 bridgehead atoms. The number of rotatable bonds is 2. The van der Waals surface area contributed by atoms with Crippen LogP contribution in [0.2, 0.25) is 0 Å². The van der Waals surface area contributed by atoms with Gasteiger partial charge in [-0.15, -0.1) is 0 Å². The molecule has 0 saturated carbocycles. The van der Waals surface area contributed by atoms with Gasteiger partial charge < -0.3 is 4.90 Å². The van der Waals surface area contributed by atoms with Crippen LogP contribution in [-0.2, 0) is 0 Å². The van der Waals surface area contributed by atoms with Gasteiger partial charge in [-0.25, -0.2) is 0 Å². The quantitative estimate of drug-likeness (QED) is 0.834. The maximum Gasteiger partial charge on any atom is 0.254 e. The summed E-state index contributed by atoms with van der Waals surface area (Å²) in [5.74, 6) is 0.124. The third kappa shape index (κ3) is 2.57. The van der Waals surface area contributed by atoms with Gasteiger partial charge in [0.1, 0.15) is 0 Å². The molecule has 1 saturated heterocycles. The zero-order valence-corrected chi connectivity index (χ0v) is 11.4. The first-order chi connectivity index (χ1) is 9.86. The van der Waals surface area contributed by atoms with E-state index in [-0.39, 0.29) is 11.9 Å². The van der Waals surface area contributed by atoms with E-state index in [9.17, 15) is 4.79 Å². The molecule has 1 fully saturated rings. The van der Waals surface area contributed by atoms with Crippen molar-refractivity contribution in [2.45, 2.75) is 25.3 Å². The summed E-state index contributed by atoms with van der Waals surface area (Å²) in [5, 5.41) is 0. The van der Waals surface area contributed by atoms with E-state index in [1.807, 2.05) is 47.5 Å². The summed E-state index contributed by atoms with van der Waals surface area (Å²) in [6, 6.07) is 13.7. The van der Waals surface area contributed by atoms with Gasteiger partial charge in [-0.1, -0.05) is 24.3 Å². The van der Waals surface area contributed by atoms with Gasteiger partial charge in [0.05, 0.1) is 6.04 Å². The summed E-state index contributed by atoms with van der Waals surface area (Å²) in [5.41, 5.74) is 1.90. The number of benzene rings is 1. The molecule has 20 heavy (non-hydrogen) atoms. The molecule has 0 radical (unpaired) electrons. The molecule has 1 atom stereocenters. The predicted molar refractivity (Wildman–Crippen MR) is 78.3 cm³/mol. The lowest BCUT2D eigenvalue weighted by molar-refractivity contribution is 0.0611. The summed E-state index contributed by atoms with van der Waals surface area (Å²) >= 11 is 0. The number of aromatic nitrogens is 1. The SMILES string of the molecule is O=C(c1ccccc1)N1CCCC[C@@H]1c1cccnc1. The minimum Gasteiger partial charge on any atom is -0.332 e. The minimum absolute atomic E-state index is 0.124. The van der Waals surface area contributed by atoms with Gasteiger partial charge in [0.2, 0.25) is 0 Å². The molecule has 3 nitrogen and oxygen atoms in total. The van der Waals surface area contributed by atoms with Gasteiger partial charge in [-0.3, -0.25) is 9.78 Å². The third-order valence-electron chi connectivity index (χ3n) is 3.85. The Balaban J connectivity index is 1.88. The highest BCUT2D eigenvalue weighted by atomic mass is 16.2. The lowest BCUT2D eigenvalue weighted by atomic mass is 9.95. The van der Waals surface area contributed by atoms with E-state index < -0.39 is 0 Å². The lowest BCUT2D eigenvalue weighted by Crippen LogP contribution is -2.38. The molecule has 2 heterocycles. The van der Waals surface area contributed by atoms with E-state index in [1.54, 1.807) is 6.20 Å². The van der Waals surface area contributed by atoms with E-state index in [0.29, 0.717) is 0 Å². The van der Waals surface area contributed by atoms with Crippen molar-refractivity contribution >= 4 is 5.91 Å². The highest BCUT2D eigenvalue weighted by molar-refractivity contribution is 5.94. The van der Waals surface area contributed by atoms with Crippen molar-refractivity contribution in [3.63, 3.8) is 0 Å². The third-order valence-corrected chi connectivity index (χ3v) is 3.85. The van der Waals surface area contributed by atoms with Gasteiger partial charge in [-0.05, 0) is 43.0 Å². The Morgan fingerprint density at radius 2 is 1.95 bits per heavy atom. The van der Waals surface area contributed by atoms with E-state index in [0.717, 1.165) is 36.9 Å². The van der Waals surface area contributed by atoms with Crippen LogP contribution in [0.4, 0.5) is 0 Å². The minimum atomic E-state index is 0.124. The molecule has 1 aliphatic rings. The fourth-order valence-corrected chi connectivity index (χ4v) is 2.84. The standard InChI is InChI=1S/C17H18N2O/c20-17(14-7-2-1-3-8-14)19-12-5-4-10-16(19)15-9-6-11-18-13-15/h1-3,6-9,11,13,16H,4-5,10,12H2/t16-/m1/s1. The van der Waals surface area contributed by atoms with Gasteiger partial charge >= 0.3 is 0 Å². The predicted octanol–water partition coefficient (Wildman–Crippen LogP) is 3.45. The Kier molecular flexibility index (Phi) is 3.77. The monoisotopic (exact) mass is 266 g/mol. The van der Waals surface area contributed by atoms with Crippen LogP contribution < -0.4 is 0 Å². The number of amides is 1. The average molecular weight is 266 g/mol. The topological polar surface area (TPSA) is 33.2 Å². The van der Waals surface area contributed by atoms with Crippen LogP contribution in [-0.4, -0.2) is 22.3 Å². The van der Waals surface area contributed by atoms with Gasteiger partial charge in [0.15, 0.2) is 0 Å². The van der Waals surface area contributed by atoms with Crippen molar-refractivity contribution in [1.29, 1.82) is 0 Å². The van der Waals surface area contributed by atoms with Gasteiger partial charge in [0.25, 0.3) is 5.91 Å². The Labute approximate surface area is 119 Å². The van der Waals surface area contributed by atoms with Crippen molar-refractivity contribution in [2.75, 3.05) is 6.54 Å². The largest absolute Gasteiger partial charge is 0.332 e. The molecule has 1 amide bonds. The molecule has 0 N–H and O–H groups in total. The number of pyridine rings is 1. The molecular weight excluding hydrogens is 248 g/mol. The Bertz CT molecular complexity index is 568. The van der Waals surface area contributed by atoms with Crippen LogP contribution in [0.15, 0.2) is 54.9 Å². The number of carbonyl (C=O) groups excluding carboxylic acids is 1. The molecule has 3 rings (SSSR count). The first kappa shape index (κ1) is 12.9. The second-order valence-corrected chi connectivity index (χ2v) is 5.16. The molecule has 1 aliphatic heterocycles. The normalized spacial score (nSPS) is 18.8. The Morgan fingerprint density at radius 3 is 2.70 bits per heavy atom. The van der Waals surface area contributed by atoms with Crippen LogP contribution >= 0.6 is 0 Å². The summed E-state index contributed by atoms with van der Waals surface area (Å²) in [6.45, 7) is 0.827. The second-order valence-electron chi connectivity index (χ2n) is 5.16. The van der Waals surface area contributed by atoms with Gasteiger partial charge in [0, 0.05) is 24.5 Å². The summed E-state index contributed by atoms with van der Waals surface area (Å²) in [6.07, 6.45) is 6.91. The molecule has 102 valence electrons. The smallest absolute Gasteiger partial charge is 0.254 e. The first-order valence-corrected chi connectivity index (χ1v) is 7.12. The maximum absolute atomic E-state index is 12.7. The van der Waals surface area contributed by atoms with Crippen molar-refractivity contribution in [2.24, 2.45) is 0 Å². The number of carbonyl (C=O) groups is 1. The van der Waals surface area contributed by atoms with Crippen LogP contribution in [0.5, 0.6) is 0 Å². The number of hydrogen-bond donors (Lipinski definition) is 0. The molecule has 0 aliphatic carbocycles. The zero-order valence-electron chi connectivity index (χ0n) is 11.4. The summed E-state index contributed by atoms with van der Waals surface area (Å²) in [7, 11) is 0. The number of hydrogen-bond acceptors (Lipinski definition) is 2. The average Bonchev–Trinajstić information content (AvgIpc) is 2.56. The van der Waals surface area contributed by atoms with E-state index in [1.165, 1.54) is 0 Å². The zero-order chi connectivity index (χ0) is 13.8. The summed E-state index contributed by atoms with van der Waals surface area (Å²) < 4.78 is 0. The van der Waals surface area contributed by atoms with E-state index in [2.05, 4.69) is 11.1 Å². The maximum atomic E-state index is 12.7. The fraction of sp³-hybridized carbons (Fsp3) is 0.294. The molecule has 2 aromatic rings. The first-order valence-electron chi connectivity index (χ1n) is 7.12. The van der Waals surface area contributed by atoms with Crippen LogP contribution in [0.1, 0.15) is 41.2 Å². The Hall–Kier alpha value is -2.16. The second kappa shape index (κ2) is 5.87. The van der Waals surface area contributed by atoms with Crippen LogP contribution in [0.3, 0.4) is 0 Å². The lowest BCUT2D eigenvalue weighted by Gasteiger charge is -2.36. The number of likely N-dealkylation sites (tertiary alicyclic amines) is 1. The van der Waals surface area contributed by atoms with Crippen molar-refractivity contribution < 1.29 is 4.79 Å². The number of nitrogens with zero attached hydrogens (tertiary/aromatic N) is 2. The highest BCUT2D eigenvalue weighted by Crippen LogP contribution is 2.31. The summed E-state index contributed by atoms with van der Waals surface area (Å²) in [4.78, 5) is 18.9. The molecule has 3 heteroatoms. The van der Waals surface area contributed by atoms with Crippen LogP contribution in [0, 0.1) is 0 Å². The highest BCUT2D eigenvalue weighted by Gasteiger charge is 2.28. The molecule has 0 spiro atoms. The van der Waals surface area contributed by atoms with Crippen molar-refractivity contribution in [3.05, 3.63) is 66.0 Å².